The monoisotopic (exact) mass is 441 g/mol. The van der Waals surface area contributed by atoms with Gasteiger partial charge < -0.3 is 10.6 Å². The van der Waals surface area contributed by atoms with E-state index in [9.17, 15) is 31.1 Å². The molecule has 0 saturated carbocycles. The fourth-order valence-corrected chi connectivity index (χ4v) is 2.49. The Bertz CT molecular complexity index is 983. The van der Waals surface area contributed by atoms with E-state index in [1.165, 1.54) is 0 Å². The molecule has 2 aromatic carbocycles. The summed E-state index contributed by atoms with van der Waals surface area (Å²) >= 11 is 0. The molecule has 0 aliphatic rings. The summed E-state index contributed by atoms with van der Waals surface area (Å²) in [6, 6.07) is 9.19. The summed E-state index contributed by atoms with van der Waals surface area (Å²) < 4.78 is 77.5. The van der Waals surface area contributed by atoms with Gasteiger partial charge in [-0.05, 0) is 41.8 Å². The van der Waals surface area contributed by atoms with Gasteiger partial charge in [0, 0.05) is 17.6 Å². The molecule has 2 N–H and O–H groups in total. The second-order valence-electron chi connectivity index (χ2n) is 6.84. The third-order valence-electron chi connectivity index (χ3n) is 4.17. The third-order valence-corrected chi connectivity index (χ3v) is 4.17. The van der Waals surface area contributed by atoms with E-state index in [0.29, 0.717) is 17.8 Å². The van der Waals surface area contributed by atoms with Crippen molar-refractivity contribution in [1.82, 2.24) is 0 Å². The molecule has 0 radical (unpaired) electrons. The number of carbonyl (C=O) groups excluding carboxylic acids is 1. The zero-order chi connectivity index (χ0) is 23.4. The normalized spacial score (nSPS) is 12.5. The van der Waals surface area contributed by atoms with E-state index >= 15 is 0 Å². The van der Waals surface area contributed by atoms with Gasteiger partial charge in [-0.3, -0.25) is 4.79 Å². The van der Waals surface area contributed by atoms with Gasteiger partial charge in [-0.1, -0.05) is 26.0 Å². The van der Waals surface area contributed by atoms with Crippen LogP contribution in [0.25, 0.3) is 0 Å². The molecule has 0 aromatic heterocycles. The zero-order valence-corrected chi connectivity index (χ0v) is 16.3. The summed E-state index contributed by atoms with van der Waals surface area (Å²) in [5.41, 5.74) is -2.78. The number of carbonyl (C=O) groups is 1. The molecule has 0 saturated heterocycles. The van der Waals surface area contributed by atoms with Crippen molar-refractivity contribution in [1.29, 1.82) is 5.26 Å². The molecule has 2 aromatic rings. The number of hydrogen-bond donors (Lipinski definition) is 2. The van der Waals surface area contributed by atoms with E-state index in [1.54, 1.807) is 30.3 Å². The Morgan fingerprint density at radius 3 is 1.87 bits per heavy atom. The van der Waals surface area contributed by atoms with Crippen LogP contribution in [0.3, 0.4) is 0 Å². The van der Waals surface area contributed by atoms with E-state index in [2.05, 4.69) is 10.6 Å². The summed E-state index contributed by atoms with van der Waals surface area (Å²) in [6.07, 6.45) is -9.29. The van der Waals surface area contributed by atoms with Crippen molar-refractivity contribution < 1.29 is 31.1 Å². The number of hydrogen-bond acceptors (Lipinski definition) is 3. The van der Waals surface area contributed by atoms with Gasteiger partial charge in [-0.15, -0.1) is 0 Å². The predicted molar refractivity (Wildman–Crippen MR) is 103 cm³/mol. The van der Waals surface area contributed by atoms with Crippen LogP contribution in [-0.2, 0) is 17.1 Å². The summed E-state index contributed by atoms with van der Waals surface area (Å²) in [7, 11) is 0. The van der Waals surface area contributed by atoms with Gasteiger partial charge in [0.05, 0.1) is 11.1 Å². The molecule has 0 unspecified atom stereocenters. The van der Waals surface area contributed by atoms with Gasteiger partial charge in [0.1, 0.15) is 11.6 Å². The molecule has 2 rings (SSSR count). The predicted octanol–water partition coefficient (Wildman–Crippen LogP) is 6.31. The first-order chi connectivity index (χ1) is 14.3. The number of nitrogens with one attached hydrogen (secondary N) is 2. The van der Waals surface area contributed by atoms with Crippen LogP contribution in [0.5, 0.6) is 0 Å². The molecular formula is C21H17F6N3O. The summed E-state index contributed by atoms with van der Waals surface area (Å²) in [4.78, 5) is 12.2. The molecular weight excluding hydrogens is 424 g/mol. The minimum atomic E-state index is -5.01. The van der Waals surface area contributed by atoms with Gasteiger partial charge in [0.2, 0.25) is 0 Å². The average Bonchev–Trinajstić information content (AvgIpc) is 2.67. The van der Waals surface area contributed by atoms with Crippen LogP contribution in [0.15, 0.2) is 54.2 Å². The van der Waals surface area contributed by atoms with Crippen LogP contribution < -0.4 is 10.6 Å². The van der Waals surface area contributed by atoms with E-state index in [0.717, 1.165) is 11.8 Å². The molecule has 0 aliphatic carbocycles. The lowest BCUT2D eigenvalue weighted by molar-refractivity contribution is -0.143. The standard InChI is InChI=1S/C21H17F6N3O/c1-12(2)13-3-5-17(6-4-13)30-19(31)14(10-28)11-29-18-8-15(20(22,23)24)7-16(9-18)21(25,26)27/h3-9,11-12,29H,1-2H3,(H,30,31)/b14-11-. The number of benzene rings is 2. The molecule has 1 amide bonds. The molecule has 0 heterocycles. The van der Waals surface area contributed by atoms with Gasteiger partial charge >= 0.3 is 12.4 Å². The highest BCUT2D eigenvalue weighted by Crippen LogP contribution is 2.37. The lowest BCUT2D eigenvalue weighted by Crippen LogP contribution is -2.15. The molecule has 0 fully saturated rings. The van der Waals surface area contributed by atoms with Gasteiger partial charge in [-0.2, -0.15) is 31.6 Å². The Labute approximate surface area is 174 Å². The second-order valence-corrected chi connectivity index (χ2v) is 6.84. The number of rotatable bonds is 5. The first kappa shape index (κ1) is 23.8. The highest BCUT2D eigenvalue weighted by atomic mass is 19.4. The highest BCUT2D eigenvalue weighted by molar-refractivity contribution is 6.06. The van der Waals surface area contributed by atoms with Crippen molar-refractivity contribution in [2.75, 3.05) is 10.6 Å². The van der Waals surface area contributed by atoms with Crippen LogP contribution >= 0.6 is 0 Å². The van der Waals surface area contributed by atoms with Gasteiger partial charge in [0.25, 0.3) is 5.91 Å². The van der Waals surface area contributed by atoms with Crippen molar-refractivity contribution >= 4 is 17.3 Å². The molecule has 0 bridgehead atoms. The lowest BCUT2D eigenvalue weighted by atomic mass is 10.0. The maximum atomic E-state index is 12.9. The maximum Gasteiger partial charge on any atom is 0.416 e. The third kappa shape index (κ3) is 6.50. The lowest BCUT2D eigenvalue weighted by Gasteiger charge is -2.14. The van der Waals surface area contributed by atoms with Crippen molar-refractivity contribution in [3.05, 3.63) is 70.9 Å². The SMILES string of the molecule is CC(C)c1ccc(NC(=O)/C(C#N)=C\Nc2cc(C(F)(F)F)cc(C(F)(F)F)c2)cc1. The summed E-state index contributed by atoms with van der Waals surface area (Å²) in [5, 5.41) is 13.8. The maximum absolute atomic E-state index is 12.9. The van der Waals surface area contributed by atoms with Gasteiger partial charge in [-0.25, -0.2) is 0 Å². The minimum absolute atomic E-state index is 0.0202. The van der Waals surface area contributed by atoms with Crippen molar-refractivity contribution in [3.8, 4) is 6.07 Å². The first-order valence-corrected chi connectivity index (χ1v) is 8.89. The van der Waals surface area contributed by atoms with E-state index < -0.39 is 40.6 Å². The average molecular weight is 441 g/mol. The Morgan fingerprint density at radius 1 is 0.935 bits per heavy atom. The van der Waals surface area contributed by atoms with Crippen molar-refractivity contribution in [2.45, 2.75) is 32.1 Å². The molecule has 31 heavy (non-hydrogen) atoms. The largest absolute Gasteiger partial charge is 0.416 e. The molecule has 164 valence electrons. The van der Waals surface area contributed by atoms with Crippen LogP contribution in [0.4, 0.5) is 37.7 Å². The number of amides is 1. The van der Waals surface area contributed by atoms with Crippen molar-refractivity contribution in [3.63, 3.8) is 0 Å². The Balaban J connectivity index is 2.25. The van der Waals surface area contributed by atoms with Gasteiger partial charge in [0.15, 0.2) is 0 Å². The Kier molecular flexibility index (Phi) is 7.00. The quantitative estimate of drug-likeness (QED) is 0.325. The zero-order valence-electron chi connectivity index (χ0n) is 16.3. The fourth-order valence-electron chi connectivity index (χ4n) is 2.49. The minimum Gasteiger partial charge on any atom is -0.360 e. The number of alkyl halides is 6. The molecule has 0 atom stereocenters. The van der Waals surface area contributed by atoms with E-state index in [1.807, 2.05) is 13.8 Å². The summed E-state index contributed by atoms with van der Waals surface area (Å²) in [5.74, 6) is -0.618. The van der Waals surface area contributed by atoms with Crippen LogP contribution in [0, 0.1) is 11.3 Å². The van der Waals surface area contributed by atoms with E-state index in [-0.39, 0.29) is 12.0 Å². The molecule has 4 nitrogen and oxygen atoms in total. The Hall–Kier alpha value is -3.48. The topological polar surface area (TPSA) is 64.9 Å². The number of nitriles is 1. The van der Waals surface area contributed by atoms with Crippen LogP contribution in [-0.4, -0.2) is 5.91 Å². The van der Waals surface area contributed by atoms with Crippen LogP contribution in [0.1, 0.15) is 36.5 Å². The molecule has 10 heteroatoms. The first-order valence-electron chi connectivity index (χ1n) is 8.89. The molecule has 0 spiro atoms. The highest BCUT2D eigenvalue weighted by Gasteiger charge is 2.36. The summed E-state index contributed by atoms with van der Waals surface area (Å²) in [6.45, 7) is 3.96. The fraction of sp³-hybridized carbons (Fsp3) is 0.238. The number of nitrogens with zero attached hydrogens (tertiary/aromatic N) is 1. The smallest absolute Gasteiger partial charge is 0.360 e. The number of halogens is 6. The van der Waals surface area contributed by atoms with E-state index in [4.69, 9.17) is 5.26 Å². The van der Waals surface area contributed by atoms with Crippen molar-refractivity contribution in [2.24, 2.45) is 0 Å². The molecule has 0 aliphatic heterocycles. The second kappa shape index (κ2) is 9.12. The Morgan fingerprint density at radius 2 is 1.45 bits per heavy atom. The van der Waals surface area contributed by atoms with Crippen LogP contribution in [0.2, 0.25) is 0 Å². The number of anilines is 2.